The normalized spacial score (nSPS) is 41.5. The van der Waals surface area contributed by atoms with E-state index in [2.05, 4.69) is 16.0 Å². The van der Waals surface area contributed by atoms with Crippen molar-refractivity contribution >= 4 is 5.91 Å². The molecule has 23 heavy (non-hydrogen) atoms. The summed E-state index contributed by atoms with van der Waals surface area (Å²) in [5, 5.41) is 0. The molecule has 1 aliphatic heterocycles. The highest BCUT2D eigenvalue weighted by molar-refractivity contribution is 5.84. The molecule has 3 nitrogen and oxygen atoms in total. The molecule has 1 aromatic rings. The Hall–Kier alpha value is -1.38. The second kappa shape index (κ2) is 5.06. The van der Waals surface area contributed by atoms with Gasteiger partial charge in [0, 0.05) is 18.9 Å². The summed E-state index contributed by atoms with van der Waals surface area (Å²) >= 11 is 0. The second-order valence-corrected chi connectivity index (χ2v) is 8.64. The lowest BCUT2D eigenvalue weighted by molar-refractivity contribution is -0.158. The highest BCUT2D eigenvalue weighted by Gasteiger charge is 2.56. The average molecular weight is 310 g/mol. The van der Waals surface area contributed by atoms with Crippen LogP contribution in [0.3, 0.4) is 0 Å². The van der Waals surface area contributed by atoms with E-state index in [-0.39, 0.29) is 11.5 Å². The van der Waals surface area contributed by atoms with E-state index in [1.54, 1.807) is 0 Å². The van der Waals surface area contributed by atoms with Crippen molar-refractivity contribution in [3.05, 3.63) is 30.1 Å². The molecule has 1 unspecified atom stereocenters. The van der Waals surface area contributed by atoms with Gasteiger partial charge in [-0.25, -0.2) is 0 Å². The maximum atomic E-state index is 13.6. The van der Waals surface area contributed by atoms with Gasteiger partial charge in [-0.3, -0.25) is 9.78 Å². The van der Waals surface area contributed by atoms with Gasteiger partial charge >= 0.3 is 0 Å². The van der Waals surface area contributed by atoms with Gasteiger partial charge < -0.3 is 4.90 Å². The first-order chi connectivity index (χ1) is 11.2. The van der Waals surface area contributed by atoms with Crippen LogP contribution in [-0.4, -0.2) is 22.3 Å². The Balaban J connectivity index is 1.44. The third-order valence-corrected chi connectivity index (χ3v) is 7.07. The second-order valence-electron chi connectivity index (χ2n) is 8.64. The summed E-state index contributed by atoms with van der Waals surface area (Å²) in [5.74, 6) is 3.00. The maximum absolute atomic E-state index is 13.6. The largest absolute Gasteiger partial charge is 0.335 e. The molecule has 0 spiro atoms. The van der Waals surface area contributed by atoms with E-state index in [1.807, 2.05) is 18.5 Å². The summed E-state index contributed by atoms with van der Waals surface area (Å²) in [7, 11) is 0. The van der Waals surface area contributed by atoms with Gasteiger partial charge in [0.25, 0.3) is 0 Å². The molecule has 1 amide bonds. The topological polar surface area (TPSA) is 33.2 Å². The Bertz CT molecular complexity index is 576. The number of hydrogen-bond donors (Lipinski definition) is 0. The zero-order chi connectivity index (χ0) is 15.4. The first-order valence-electron chi connectivity index (χ1n) is 9.44. The molecule has 6 rings (SSSR count). The molecule has 0 N–H and O–H groups in total. The van der Waals surface area contributed by atoms with E-state index in [0.717, 1.165) is 37.1 Å². The fourth-order valence-electron chi connectivity index (χ4n) is 6.61. The van der Waals surface area contributed by atoms with Crippen molar-refractivity contribution in [3.63, 3.8) is 0 Å². The summed E-state index contributed by atoms with van der Waals surface area (Å²) in [4.78, 5) is 20.1. The van der Waals surface area contributed by atoms with Crippen molar-refractivity contribution in [3.8, 4) is 0 Å². The number of amides is 1. The van der Waals surface area contributed by atoms with Crippen LogP contribution in [0.25, 0.3) is 0 Å². The van der Waals surface area contributed by atoms with Crippen molar-refractivity contribution in [1.29, 1.82) is 0 Å². The molecule has 3 heteroatoms. The van der Waals surface area contributed by atoms with Crippen LogP contribution < -0.4 is 0 Å². The predicted octanol–water partition coefficient (Wildman–Crippen LogP) is 3.96. The van der Waals surface area contributed by atoms with Crippen LogP contribution in [0.2, 0.25) is 0 Å². The fourth-order valence-corrected chi connectivity index (χ4v) is 6.61. The number of likely N-dealkylation sites (tertiary alicyclic amines) is 1. The highest BCUT2D eigenvalue weighted by atomic mass is 16.2. The lowest BCUT2D eigenvalue weighted by Crippen LogP contribution is -2.54. The van der Waals surface area contributed by atoms with Gasteiger partial charge in [0.05, 0.1) is 11.5 Å². The van der Waals surface area contributed by atoms with Gasteiger partial charge in [0.2, 0.25) is 5.91 Å². The molecular formula is C20H26N2O. The van der Waals surface area contributed by atoms with Crippen LogP contribution in [0, 0.1) is 23.2 Å². The SMILES string of the molecule is O=C(N1CCCC1c1cccnc1)C12CC3CC(CC(C3)C1)C2. The number of hydrogen-bond acceptors (Lipinski definition) is 2. The highest BCUT2D eigenvalue weighted by Crippen LogP contribution is 2.61. The number of carbonyl (C=O) groups excluding carboxylic acids is 1. The van der Waals surface area contributed by atoms with Gasteiger partial charge in [-0.15, -0.1) is 0 Å². The quantitative estimate of drug-likeness (QED) is 0.828. The molecule has 5 aliphatic rings. The van der Waals surface area contributed by atoms with Crippen molar-refractivity contribution < 1.29 is 4.79 Å². The Morgan fingerprint density at radius 3 is 2.43 bits per heavy atom. The predicted molar refractivity (Wildman–Crippen MR) is 88.5 cm³/mol. The summed E-state index contributed by atoms with van der Waals surface area (Å²) < 4.78 is 0. The number of rotatable bonds is 2. The van der Waals surface area contributed by atoms with Crippen LogP contribution in [0.1, 0.15) is 63.0 Å². The average Bonchev–Trinajstić information content (AvgIpc) is 3.03. The third-order valence-electron chi connectivity index (χ3n) is 7.07. The van der Waals surface area contributed by atoms with Crippen molar-refractivity contribution in [1.82, 2.24) is 9.88 Å². The van der Waals surface area contributed by atoms with E-state index in [9.17, 15) is 4.79 Å². The Kier molecular flexibility index (Phi) is 3.08. The van der Waals surface area contributed by atoms with Crippen LogP contribution in [0.4, 0.5) is 0 Å². The Morgan fingerprint density at radius 2 is 1.83 bits per heavy atom. The molecule has 2 heterocycles. The van der Waals surface area contributed by atoms with Gasteiger partial charge in [0.15, 0.2) is 0 Å². The van der Waals surface area contributed by atoms with Crippen LogP contribution in [0.15, 0.2) is 24.5 Å². The first kappa shape index (κ1) is 14.0. The molecule has 0 aromatic carbocycles. The maximum Gasteiger partial charge on any atom is 0.229 e. The molecular weight excluding hydrogens is 284 g/mol. The van der Waals surface area contributed by atoms with Crippen LogP contribution in [0.5, 0.6) is 0 Å². The Labute approximate surface area is 138 Å². The molecule has 122 valence electrons. The van der Waals surface area contributed by atoms with Crippen molar-refractivity contribution in [2.45, 2.75) is 57.4 Å². The van der Waals surface area contributed by atoms with Gasteiger partial charge in [-0.2, -0.15) is 0 Å². The minimum absolute atomic E-state index is 0.000447. The van der Waals surface area contributed by atoms with E-state index >= 15 is 0 Å². The molecule has 1 saturated heterocycles. The van der Waals surface area contributed by atoms with E-state index in [0.29, 0.717) is 5.91 Å². The fraction of sp³-hybridized carbons (Fsp3) is 0.700. The number of carbonyl (C=O) groups is 1. The van der Waals surface area contributed by atoms with Gasteiger partial charge in [-0.05, 0) is 80.8 Å². The standard InChI is InChI=1S/C20H26N2O/c23-19(20-10-14-7-15(11-20)9-16(8-14)12-20)22-6-2-4-18(22)17-3-1-5-21-13-17/h1,3,5,13-16,18H,2,4,6-12H2. The third kappa shape index (κ3) is 2.15. The van der Waals surface area contributed by atoms with Gasteiger partial charge in [-0.1, -0.05) is 6.07 Å². The molecule has 1 atom stereocenters. The minimum Gasteiger partial charge on any atom is -0.335 e. The van der Waals surface area contributed by atoms with Crippen LogP contribution >= 0.6 is 0 Å². The summed E-state index contributed by atoms with van der Waals surface area (Å²) in [5.41, 5.74) is 1.22. The smallest absolute Gasteiger partial charge is 0.229 e. The van der Waals surface area contributed by atoms with Crippen molar-refractivity contribution in [2.75, 3.05) is 6.54 Å². The number of nitrogens with zero attached hydrogens (tertiary/aromatic N) is 2. The van der Waals surface area contributed by atoms with E-state index in [4.69, 9.17) is 0 Å². The molecule has 5 fully saturated rings. The molecule has 1 aromatic heterocycles. The molecule has 4 saturated carbocycles. The van der Waals surface area contributed by atoms with Crippen molar-refractivity contribution in [2.24, 2.45) is 23.2 Å². The number of pyridine rings is 1. The zero-order valence-electron chi connectivity index (χ0n) is 13.8. The number of aromatic nitrogens is 1. The molecule has 4 bridgehead atoms. The lowest BCUT2D eigenvalue weighted by atomic mass is 9.49. The minimum atomic E-state index is -0.000447. The summed E-state index contributed by atoms with van der Waals surface area (Å²) in [6.07, 6.45) is 13.7. The zero-order valence-corrected chi connectivity index (χ0v) is 13.8. The van der Waals surface area contributed by atoms with E-state index in [1.165, 1.54) is 44.1 Å². The Morgan fingerprint density at radius 1 is 1.13 bits per heavy atom. The first-order valence-corrected chi connectivity index (χ1v) is 9.44. The van der Waals surface area contributed by atoms with Crippen LogP contribution in [-0.2, 0) is 4.79 Å². The summed E-state index contributed by atoms with van der Waals surface area (Å²) in [6.45, 7) is 0.945. The lowest BCUT2D eigenvalue weighted by Gasteiger charge is -2.56. The monoisotopic (exact) mass is 310 g/mol. The molecule has 0 radical (unpaired) electrons. The van der Waals surface area contributed by atoms with Gasteiger partial charge in [0.1, 0.15) is 0 Å². The molecule has 4 aliphatic carbocycles. The summed E-state index contributed by atoms with van der Waals surface area (Å²) in [6, 6.07) is 4.41. The van der Waals surface area contributed by atoms with E-state index < -0.39 is 0 Å².